The van der Waals surface area contributed by atoms with Gasteiger partial charge in [-0.2, -0.15) is 0 Å². The van der Waals surface area contributed by atoms with Crippen molar-refractivity contribution in [3.05, 3.63) is 109 Å². The topological polar surface area (TPSA) is 237 Å². The van der Waals surface area contributed by atoms with Gasteiger partial charge in [-0.25, -0.2) is 9.13 Å². The molecule has 0 heterocycles. The Morgan fingerprint density at radius 2 is 0.472 bits per heavy atom. The fourth-order valence-corrected chi connectivity index (χ4v) is 12.8. The van der Waals surface area contributed by atoms with Crippen molar-refractivity contribution in [2.24, 2.45) is 0 Å². The van der Waals surface area contributed by atoms with Crippen molar-refractivity contribution in [2.45, 2.75) is 380 Å². The van der Waals surface area contributed by atoms with E-state index < -0.39 is 97.5 Å². The van der Waals surface area contributed by atoms with Crippen molar-refractivity contribution in [3.63, 3.8) is 0 Å². The molecule has 2 unspecified atom stereocenters. The standard InChI is InChI=1S/C87H152O17P2/c1-5-9-13-17-21-25-29-33-37-40-44-47-51-55-59-63-67-71-84(89)97-77-82(103-86(91)73-69-65-61-57-53-49-43-36-32-28-24-20-16-12-8-4)79-101-105(93,94)99-75-81(88)76-100-106(95,96)102-80-83(104-87(92)74-70-66-62-58-54-50-46-42-39-35-31-27-23-19-15-11-7-3)78-98-85(90)72-68-64-60-56-52-48-45-41-38-34-30-26-22-18-14-10-6-2/h21,23,25,27,33,35-37,39,43-44,46-47,50,55,58-59,62,81-83,88H,5-20,22,24,26,28-32,34,38,40-42,45,48-49,51-54,56-57,60-61,63-80H2,1-4H3,(H,93,94)(H,95,96)/b25-21-,27-23-,37-33-,39-35-,43-36-,47-44-,50-46-,59-55-,62-58-/t81-,82+,83+/m0/s1. The molecule has 0 bridgehead atoms. The average molecular weight is 1530 g/mol. The molecular weight excluding hydrogens is 1380 g/mol. The van der Waals surface area contributed by atoms with E-state index in [4.69, 9.17) is 37.0 Å². The van der Waals surface area contributed by atoms with Crippen LogP contribution in [-0.4, -0.2) is 96.7 Å². The minimum absolute atomic E-state index is 0.0192. The van der Waals surface area contributed by atoms with Gasteiger partial charge in [0.2, 0.25) is 0 Å². The molecule has 0 rings (SSSR count). The molecule has 0 radical (unpaired) electrons. The van der Waals surface area contributed by atoms with Gasteiger partial charge in [-0.15, -0.1) is 0 Å². The number of aliphatic hydroxyl groups excluding tert-OH is 1. The smallest absolute Gasteiger partial charge is 0.462 e. The Hall–Kier alpha value is -4.28. The van der Waals surface area contributed by atoms with Crippen LogP contribution in [0.4, 0.5) is 0 Å². The minimum Gasteiger partial charge on any atom is -0.462 e. The van der Waals surface area contributed by atoms with Crippen LogP contribution in [0.25, 0.3) is 0 Å². The molecule has 612 valence electrons. The van der Waals surface area contributed by atoms with Crippen LogP contribution in [0, 0.1) is 0 Å². The van der Waals surface area contributed by atoms with Gasteiger partial charge >= 0.3 is 39.5 Å². The molecule has 17 nitrogen and oxygen atoms in total. The highest BCUT2D eigenvalue weighted by atomic mass is 31.2. The number of ether oxygens (including phenoxy) is 4. The maximum absolute atomic E-state index is 13.1. The molecule has 0 aromatic carbocycles. The van der Waals surface area contributed by atoms with Crippen molar-refractivity contribution in [2.75, 3.05) is 39.6 Å². The van der Waals surface area contributed by atoms with E-state index in [2.05, 4.69) is 113 Å². The number of hydrogen-bond donors (Lipinski definition) is 3. The second kappa shape index (κ2) is 78.8. The largest absolute Gasteiger partial charge is 0.472 e. The molecule has 0 aliphatic heterocycles. The highest BCUT2D eigenvalue weighted by Gasteiger charge is 2.30. The number of phosphoric ester groups is 2. The molecule has 106 heavy (non-hydrogen) atoms. The van der Waals surface area contributed by atoms with Crippen LogP contribution in [-0.2, 0) is 65.4 Å². The van der Waals surface area contributed by atoms with Gasteiger partial charge in [0.1, 0.15) is 19.3 Å². The lowest BCUT2D eigenvalue weighted by atomic mass is 10.0. The van der Waals surface area contributed by atoms with Gasteiger partial charge in [-0.3, -0.25) is 37.3 Å². The van der Waals surface area contributed by atoms with Gasteiger partial charge in [0.15, 0.2) is 12.2 Å². The van der Waals surface area contributed by atoms with E-state index >= 15 is 0 Å². The Bertz CT molecular complexity index is 2430. The summed E-state index contributed by atoms with van der Waals surface area (Å²) in [4.78, 5) is 73.1. The molecule has 0 amide bonds. The van der Waals surface area contributed by atoms with E-state index in [9.17, 15) is 43.2 Å². The van der Waals surface area contributed by atoms with E-state index in [1.807, 2.05) is 24.3 Å². The quantitative estimate of drug-likeness (QED) is 0.0169. The van der Waals surface area contributed by atoms with Crippen LogP contribution in [0.3, 0.4) is 0 Å². The third kappa shape index (κ3) is 77.9. The molecule has 0 fully saturated rings. The van der Waals surface area contributed by atoms with E-state index in [1.165, 1.54) is 161 Å². The number of aliphatic hydroxyl groups is 1. The normalized spacial score (nSPS) is 14.4. The number of phosphoric acid groups is 2. The van der Waals surface area contributed by atoms with Gasteiger partial charge in [0, 0.05) is 25.7 Å². The lowest BCUT2D eigenvalue weighted by molar-refractivity contribution is -0.161. The first-order valence-corrected chi connectivity index (χ1v) is 45.1. The molecule has 0 saturated carbocycles. The average Bonchev–Trinajstić information content (AvgIpc) is 0.901. The second-order valence-electron chi connectivity index (χ2n) is 28.1. The van der Waals surface area contributed by atoms with Gasteiger partial charge in [0.05, 0.1) is 26.4 Å². The Labute approximate surface area is 645 Å². The predicted octanol–water partition coefficient (Wildman–Crippen LogP) is 24.9. The van der Waals surface area contributed by atoms with Gasteiger partial charge in [-0.1, -0.05) is 317 Å². The highest BCUT2D eigenvalue weighted by molar-refractivity contribution is 7.47. The third-order valence-corrected chi connectivity index (χ3v) is 19.6. The SMILES string of the molecule is CCCCC/C=C\C/C=C\C/C=C\C/C=C\CCCC(=O)OC[C@H](COP(=O)(O)OC[C@H](O)COP(=O)(O)OC[C@@H](COC(=O)CCCCCCCCCCCCCCCCCCC)OC(=O)CCC/C=C\C/C=C\C/C=C\C/C=C\CCCCC)OC(=O)CCCCCCC/C=C\CCCCCCCC. The fraction of sp³-hybridized carbons (Fsp3) is 0.747. The summed E-state index contributed by atoms with van der Waals surface area (Å²) in [5.41, 5.74) is 0. The molecule has 0 aromatic rings. The first-order chi connectivity index (χ1) is 51.7. The lowest BCUT2D eigenvalue weighted by Gasteiger charge is -2.21. The molecule has 5 atom stereocenters. The molecule has 0 spiro atoms. The number of rotatable bonds is 79. The molecule has 0 aromatic heterocycles. The van der Waals surface area contributed by atoms with Crippen LogP contribution >= 0.6 is 15.6 Å². The Kier molecular flexibility index (Phi) is 75.6. The van der Waals surface area contributed by atoms with Crippen molar-refractivity contribution < 1.29 is 80.2 Å². The predicted molar refractivity (Wildman–Crippen MR) is 436 cm³/mol. The molecular formula is C87H152O17P2. The van der Waals surface area contributed by atoms with E-state index in [0.717, 1.165) is 109 Å². The van der Waals surface area contributed by atoms with Gasteiger partial charge < -0.3 is 33.8 Å². The van der Waals surface area contributed by atoms with Gasteiger partial charge in [-0.05, 0) is 128 Å². The minimum atomic E-state index is -5.00. The summed E-state index contributed by atoms with van der Waals surface area (Å²) < 4.78 is 68.6. The fourth-order valence-electron chi connectivity index (χ4n) is 11.3. The van der Waals surface area contributed by atoms with Crippen molar-refractivity contribution >= 4 is 39.5 Å². The molecule has 0 aliphatic rings. The maximum Gasteiger partial charge on any atom is 0.472 e. The zero-order valence-corrected chi connectivity index (χ0v) is 68.9. The monoisotopic (exact) mass is 1530 g/mol. The van der Waals surface area contributed by atoms with Crippen LogP contribution in [0.15, 0.2) is 109 Å². The number of esters is 4. The summed E-state index contributed by atoms with van der Waals surface area (Å²) >= 11 is 0. The number of carbonyl (C=O) groups excluding carboxylic acids is 4. The van der Waals surface area contributed by atoms with Crippen molar-refractivity contribution in [3.8, 4) is 0 Å². The van der Waals surface area contributed by atoms with Crippen LogP contribution < -0.4 is 0 Å². The summed E-state index contributed by atoms with van der Waals surface area (Å²) in [5, 5.41) is 10.7. The molecule has 3 N–H and O–H groups in total. The first kappa shape index (κ1) is 102. The first-order valence-electron chi connectivity index (χ1n) is 42.1. The molecule has 19 heteroatoms. The number of allylic oxidation sites excluding steroid dienone is 18. The van der Waals surface area contributed by atoms with Crippen molar-refractivity contribution in [1.29, 1.82) is 0 Å². The zero-order valence-electron chi connectivity index (χ0n) is 67.1. The van der Waals surface area contributed by atoms with E-state index in [-0.39, 0.29) is 25.7 Å². The van der Waals surface area contributed by atoms with Crippen LogP contribution in [0.2, 0.25) is 0 Å². The van der Waals surface area contributed by atoms with Gasteiger partial charge in [0.25, 0.3) is 0 Å². The lowest BCUT2D eigenvalue weighted by Crippen LogP contribution is -2.30. The van der Waals surface area contributed by atoms with E-state index in [1.54, 1.807) is 0 Å². The zero-order chi connectivity index (χ0) is 77.4. The highest BCUT2D eigenvalue weighted by Crippen LogP contribution is 2.45. The molecule has 0 saturated heterocycles. The maximum atomic E-state index is 13.1. The van der Waals surface area contributed by atoms with Crippen LogP contribution in [0.5, 0.6) is 0 Å². The Morgan fingerprint density at radius 1 is 0.264 bits per heavy atom. The Morgan fingerprint density at radius 3 is 0.783 bits per heavy atom. The van der Waals surface area contributed by atoms with E-state index in [0.29, 0.717) is 38.5 Å². The summed E-state index contributed by atoms with van der Waals surface area (Å²) in [6, 6.07) is 0. The summed E-state index contributed by atoms with van der Waals surface area (Å²) in [6.07, 6.45) is 86.4. The number of hydrogen-bond acceptors (Lipinski definition) is 15. The third-order valence-electron chi connectivity index (χ3n) is 17.7. The Balaban J connectivity index is 5.45. The van der Waals surface area contributed by atoms with Crippen LogP contribution in [0.1, 0.15) is 362 Å². The second-order valence-corrected chi connectivity index (χ2v) is 31.0. The summed E-state index contributed by atoms with van der Waals surface area (Å²) in [7, 11) is -9.99. The number of unbranched alkanes of at least 4 members (excludes halogenated alkanes) is 35. The summed E-state index contributed by atoms with van der Waals surface area (Å²) in [6.45, 7) is 4.74. The summed E-state index contributed by atoms with van der Waals surface area (Å²) in [5.74, 6) is -2.30. The molecule has 0 aliphatic carbocycles. The van der Waals surface area contributed by atoms with Crippen molar-refractivity contribution in [1.82, 2.24) is 0 Å². The number of carbonyl (C=O) groups is 4.